The van der Waals surface area contributed by atoms with Gasteiger partial charge in [0, 0.05) is 12.6 Å². The zero-order valence-electron chi connectivity index (χ0n) is 15.7. The summed E-state index contributed by atoms with van der Waals surface area (Å²) in [6.45, 7) is 4.51. The monoisotopic (exact) mass is 372 g/mol. The van der Waals surface area contributed by atoms with E-state index in [0.717, 1.165) is 22.4 Å². The number of para-hydroxylation sites is 1. The van der Waals surface area contributed by atoms with Gasteiger partial charge >= 0.3 is 6.03 Å². The second kappa shape index (κ2) is 7.52. The summed E-state index contributed by atoms with van der Waals surface area (Å²) in [7, 11) is 0. The Hall–Kier alpha value is -3.67. The van der Waals surface area contributed by atoms with Crippen molar-refractivity contribution in [3.63, 3.8) is 0 Å². The smallest absolute Gasteiger partial charge is 0.344 e. The lowest BCUT2D eigenvalue weighted by Gasteiger charge is -2.11. The van der Waals surface area contributed by atoms with E-state index in [-0.39, 0.29) is 6.03 Å². The molecule has 0 aliphatic carbocycles. The number of nitrogens with zero attached hydrogens (tertiary/aromatic N) is 3. The van der Waals surface area contributed by atoms with Crippen LogP contribution in [0.3, 0.4) is 0 Å². The lowest BCUT2D eigenvalue weighted by molar-refractivity contribution is 0.239. The highest BCUT2D eigenvalue weighted by Crippen LogP contribution is 2.24. The number of aryl methyl sites for hydroxylation is 2. The van der Waals surface area contributed by atoms with Crippen molar-refractivity contribution in [2.45, 2.75) is 20.4 Å². The maximum Gasteiger partial charge on any atom is 0.344 e. The Morgan fingerprint density at radius 1 is 0.964 bits per heavy atom. The van der Waals surface area contributed by atoms with Crippen molar-refractivity contribution in [3.05, 3.63) is 83.4 Å². The standard InChI is InChI=1S/C22H20N4O2/c1-15-7-6-8-16(2)19(15)14-23-22(27)26-21-12-11-18(13-20(21)24-25-26)28-17-9-4-3-5-10-17/h3-13H,14H2,1-2H3,(H,23,27). The number of carbonyl (C=O) groups excluding carboxylic acids is 1. The fraction of sp³-hybridized carbons (Fsp3) is 0.136. The molecule has 0 aliphatic rings. The first-order chi connectivity index (χ1) is 13.6. The average molecular weight is 372 g/mol. The maximum absolute atomic E-state index is 12.6. The lowest BCUT2D eigenvalue weighted by Crippen LogP contribution is -2.29. The normalized spacial score (nSPS) is 10.8. The molecule has 6 nitrogen and oxygen atoms in total. The Kier molecular flexibility index (Phi) is 4.76. The first kappa shape index (κ1) is 17.7. The van der Waals surface area contributed by atoms with Gasteiger partial charge in [0.2, 0.25) is 0 Å². The van der Waals surface area contributed by atoms with Gasteiger partial charge in [0.1, 0.15) is 17.0 Å². The van der Waals surface area contributed by atoms with Gasteiger partial charge in [0.25, 0.3) is 0 Å². The van der Waals surface area contributed by atoms with E-state index in [1.165, 1.54) is 4.68 Å². The fourth-order valence-electron chi connectivity index (χ4n) is 3.11. The molecule has 1 aromatic heterocycles. The molecule has 4 aromatic rings. The molecule has 1 N–H and O–H groups in total. The predicted octanol–water partition coefficient (Wildman–Crippen LogP) is 4.60. The lowest BCUT2D eigenvalue weighted by atomic mass is 10.0. The number of aromatic nitrogens is 3. The van der Waals surface area contributed by atoms with E-state index in [0.29, 0.717) is 23.3 Å². The van der Waals surface area contributed by atoms with Gasteiger partial charge in [-0.15, -0.1) is 5.10 Å². The van der Waals surface area contributed by atoms with Crippen LogP contribution in [0.25, 0.3) is 11.0 Å². The number of benzene rings is 3. The third-order valence-electron chi connectivity index (χ3n) is 4.65. The highest BCUT2D eigenvalue weighted by atomic mass is 16.5. The summed E-state index contributed by atoms with van der Waals surface area (Å²) in [5.41, 5.74) is 4.62. The van der Waals surface area contributed by atoms with Crippen molar-refractivity contribution in [3.8, 4) is 11.5 Å². The summed E-state index contributed by atoms with van der Waals surface area (Å²) in [4.78, 5) is 12.6. The summed E-state index contributed by atoms with van der Waals surface area (Å²) in [5.74, 6) is 1.38. The van der Waals surface area contributed by atoms with Gasteiger partial charge in [-0.3, -0.25) is 0 Å². The molecule has 28 heavy (non-hydrogen) atoms. The van der Waals surface area contributed by atoms with Gasteiger partial charge < -0.3 is 10.1 Å². The van der Waals surface area contributed by atoms with Crippen molar-refractivity contribution in [1.82, 2.24) is 20.3 Å². The van der Waals surface area contributed by atoms with Gasteiger partial charge in [-0.1, -0.05) is 41.6 Å². The molecular formula is C22H20N4O2. The summed E-state index contributed by atoms with van der Waals surface area (Å²) in [5, 5.41) is 11.0. The molecule has 0 spiro atoms. The third-order valence-corrected chi connectivity index (χ3v) is 4.65. The molecule has 4 rings (SSSR count). The third kappa shape index (κ3) is 3.57. The Morgan fingerprint density at radius 3 is 2.46 bits per heavy atom. The number of ether oxygens (including phenoxy) is 1. The molecular weight excluding hydrogens is 352 g/mol. The predicted molar refractivity (Wildman–Crippen MR) is 108 cm³/mol. The van der Waals surface area contributed by atoms with Crippen molar-refractivity contribution in [2.75, 3.05) is 0 Å². The van der Waals surface area contributed by atoms with Crippen LogP contribution in [-0.4, -0.2) is 21.0 Å². The van der Waals surface area contributed by atoms with Gasteiger partial charge in [-0.05, 0) is 54.8 Å². The minimum absolute atomic E-state index is 0.318. The average Bonchev–Trinajstić information content (AvgIpc) is 3.11. The van der Waals surface area contributed by atoms with Crippen LogP contribution in [-0.2, 0) is 6.54 Å². The van der Waals surface area contributed by atoms with Gasteiger partial charge in [0.15, 0.2) is 0 Å². The van der Waals surface area contributed by atoms with Crippen LogP contribution < -0.4 is 10.1 Å². The molecule has 6 heteroatoms. The van der Waals surface area contributed by atoms with E-state index in [1.54, 1.807) is 18.2 Å². The van der Waals surface area contributed by atoms with Gasteiger partial charge in [-0.25, -0.2) is 4.79 Å². The van der Waals surface area contributed by atoms with E-state index < -0.39 is 0 Å². The van der Waals surface area contributed by atoms with Crippen molar-refractivity contribution < 1.29 is 9.53 Å². The van der Waals surface area contributed by atoms with Crippen LogP contribution in [0.1, 0.15) is 16.7 Å². The maximum atomic E-state index is 12.6. The fourth-order valence-corrected chi connectivity index (χ4v) is 3.11. The molecule has 0 saturated carbocycles. The Balaban J connectivity index is 1.52. The highest BCUT2D eigenvalue weighted by molar-refractivity contribution is 5.88. The Labute approximate surface area is 162 Å². The van der Waals surface area contributed by atoms with Crippen molar-refractivity contribution in [1.29, 1.82) is 0 Å². The molecule has 0 atom stereocenters. The zero-order chi connectivity index (χ0) is 19.5. The van der Waals surface area contributed by atoms with Crippen LogP contribution in [0.5, 0.6) is 11.5 Å². The molecule has 0 bridgehead atoms. The number of carbonyl (C=O) groups is 1. The topological polar surface area (TPSA) is 69.0 Å². The van der Waals surface area contributed by atoms with Gasteiger partial charge in [0.05, 0.1) is 5.52 Å². The molecule has 3 aromatic carbocycles. The first-order valence-electron chi connectivity index (χ1n) is 9.03. The van der Waals surface area contributed by atoms with Crippen LogP contribution in [0.4, 0.5) is 4.79 Å². The van der Waals surface area contributed by atoms with E-state index >= 15 is 0 Å². The number of nitrogens with one attached hydrogen (secondary N) is 1. The number of fused-ring (bicyclic) bond motifs is 1. The number of hydrogen-bond donors (Lipinski definition) is 1. The van der Waals surface area contributed by atoms with Crippen molar-refractivity contribution >= 4 is 17.1 Å². The van der Waals surface area contributed by atoms with E-state index in [1.807, 2.05) is 62.4 Å². The van der Waals surface area contributed by atoms with Crippen LogP contribution in [0, 0.1) is 13.8 Å². The number of amides is 1. The molecule has 0 aliphatic heterocycles. The van der Waals surface area contributed by atoms with Crippen molar-refractivity contribution in [2.24, 2.45) is 0 Å². The minimum atomic E-state index is -0.318. The molecule has 140 valence electrons. The van der Waals surface area contributed by atoms with E-state index in [2.05, 4.69) is 15.6 Å². The van der Waals surface area contributed by atoms with E-state index in [4.69, 9.17) is 4.74 Å². The van der Waals surface area contributed by atoms with Crippen LogP contribution >= 0.6 is 0 Å². The Morgan fingerprint density at radius 2 is 1.71 bits per heavy atom. The molecule has 0 radical (unpaired) electrons. The summed E-state index contributed by atoms with van der Waals surface area (Å²) in [6.07, 6.45) is 0. The van der Waals surface area contributed by atoms with E-state index in [9.17, 15) is 4.79 Å². The molecule has 1 amide bonds. The minimum Gasteiger partial charge on any atom is -0.457 e. The highest BCUT2D eigenvalue weighted by Gasteiger charge is 2.13. The van der Waals surface area contributed by atoms with Crippen LogP contribution in [0.2, 0.25) is 0 Å². The van der Waals surface area contributed by atoms with Crippen LogP contribution in [0.15, 0.2) is 66.7 Å². The molecule has 0 unspecified atom stereocenters. The molecule has 1 heterocycles. The first-order valence-corrected chi connectivity index (χ1v) is 9.03. The quantitative estimate of drug-likeness (QED) is 0.568. The summed E-state index contributed by atoms with van der Waals surface area (Å²) >= 11 is 0. The molecule has 0 fully saturated rings. The largest absolute Gasteiger partial charge is 0.457 e. The summed E-state index contributed by atoms with van der Waals surface area (Å²) < 4.78 is 7.08. The number of hydrogen-bond acceptors (Lipinski definition) is 4. The second-order valence-corrected chi connectivity index (χ2v) is 6.60. The zero-order valence-corrected chi connectivity index (χ0v) is 15.7. The second-order valence-electron chi connectivity index (χ2n) is 6.60. The SMILES string of the molecule is Cc1cccc(C)c1CNC(=O)n1nnc2cc(Oc3ccccc3)ccc21. The molecule has 0 saturated heterocycles. The summed E-state index contributed by atoms with van der Waals surface area (Å²) in [6, 6.07) is 20.6. The Bertz CT molecular complexity index is 1120. The number of rotatable bonds is 4. The van der Waals surface area contributed by atoms with Gasteiger partial charge in [-0.2, -0.15) is 4.68 Å².